The molecule has 1 heterocycles. The van der Waals surface area contributed by atoms with E-state index >= 15 is 0 Å². The maximum atomic E-state index is 12.1. The Labute approximate surface area is 138 Å². The molecular weight excluding hydrogens is 352 g/mol. The van der Waals surface area contributed by atoms with Crippen molar-refractivity contribution >= 4 is 22.0 Å². The van der Waals surface area contributed by atoms with Gasteiger partial charge in [-0.15, -0.1) is 0 Å². The van der Waals surface area contributed by atoms with Crippen LogP contribution in [0.15, 0.2) is 16.6 Å². The summed E-state index contributed by atoms with van der Waals surface area (Å²) in [7, 11) is 3.15. The summed E-state index contributed by atoms with van der Waals surface area (Å²) in [6.45, 7) is 1.83. The number of aliphatic hydroxyl groups excluding tert-OH is 1. The molecule has 1 aliphatic rings. The van der Waals surface area contributed by atoms with E-state index in [0.29, 0.717) is 31.1 Å². The number of amides is 2. The Bertz CT molecular complexity index is 539. The van der Waals surface area contributed by atoms with Crippen molar-refractivity contribution in [3.8, 4) is 11.5 Å². The molecule has 0 bridgehead atoms. The Morgan fingerprint density at radius 3 is 2.82 bits per heavy atom. The molecule has 1 fully saturated rings. The van der Waals surface area contributed by atoms with Crippen LogP contribution in [0.1, 0.15) is 12.0 Å². The molecular formula is C15H21BrN2O4. The van der Waals surface area contributed by atoms with Gasteiger partial charge in [0.15, 0.2) is 11.5 Å². The number of nitrogens with one attached hydrogen (secondary N) is 1. The fraction of sp³-hybridized carbons (Fsp3) is 0.533. The minimum absolute atomic E-state index is 0.109. The van der Waals surface area contributed by atoms with Gasteiger partial charge in [-0.2, -0.15) is 0 Å². The van der Waals surface area contributed by atoms with Crippen molar-refractivity contribution in [1.29, 1.82) is 0 Å². The van der Waals surface area contributed by atoms with E-state index in [4.69, 9.17) is 14.6 Å². The fourth-order valence-electron chi connectivity index (χ4n) is 2.53. The average Bonchev–Trinajstić information content (AvgIpc) is 3.01. The summed E-state index contributed by atoms with van der Waals surface area (Å²) < 4.78 is 11.3. The quantitative estimate of drug-likeness (QED) is 0.828. The molecule has 2 rings (SSSR count). The third-order valence-corrected chi connectivity index (χ3v) is 4.36. The van der Waals surface area contributed by atoms with Gasteiger partial charge in [0.2, 0.25) is 0 Å². The predicted octanol–water partition coefficient (Wildman–Crippen LogP) is 1.99. The zero-order valence-corrected chi connectivity index (χ0v) is 14.4. The molecule has 7 heteroatoms. The second-order valence-electron chi connectivity index (χ2n) is 5.26. The van der Waals surface area contributed by atoms with Gasteiger partial charge in [0.05, 0.1) is 18.7 Å². The molecule has 1 saturated heterocycles. The van der Waals surface area contributed by atoms with Crippen molar-refractivity contribution in [3.63, 3.8) is 0 Å². The number of rotatable bonds is 5. The largest absolute Gasteiger partial charge is 0.493 e. The highest BCUT2D eigenvalue weighted by molar-refractivity contribution is 9.10. The topological polar surface area (TPSA) is 71.0 Å². The number of carbonyl (C=O) groups excluding carboxylic acids is 1. The Hall–Kier alpha value is -1.47. The molecule has 122 valence electrons. The number of likely N-dealkylation sites (tertiary alicyclic amines) is 1. The van der Waals surface area contributed by atoms with Crippen LogP contribution in [0.5, 0.6) is 11.5 Å². The third-order valence-electron chi connectivity index (χ3n) is 3.77. The highest BCUT2D eigenvalue weighted by atomic mass is 79.9. The lowest BCUT2D eigenvalue weighted by Crippen LogP contribution is -2.38. The van der Waals surface area contributed by atoms with Crippen molar-refractivity contribution in [1.82, 2.24) is 10.2 Å². The van der Waals surface area contributed by atoms with Crippen molar-refractivity contribution in [3.05, 3.63) is 22.2 Å². The van der Waals surface area contributed by atoms with Crippen LogP contribution in [0.3, 0.4) is 0 Å². The molecule has 6 nitrogen and oxygen atoms in total. The first kappa shape index (κ1) is 16.9. The van der Waals surface area contributed by atoms with Crippen molar-refractivity contribution in [2.24, 2.45) is 5.92 Å². The first-order valence-electron chi connectivity index (χ1n) is 7.13. The Morgan fingerprint density at radius 1 is 1.45 bits per heavy atom. The van der Waals surface area contributed by atoms with E-state index in [1.165, 1.54) is 0 Å². The molecule has 1 aliphatic heterocycles. The monoisotopic (exact) mass is 372 g/mol. The first-order chi connectivity index (χ1) is 10.6. The minimum Gasteiger partial charge on any atom is -0.493 e. The molecule has 1 aromatic carbocycles. The molecule has 0 aromatic heterocycles. The lowest BCUT2D eigenvalue weighted by Gasteiger charge is -2.18. The van der Waals surface area contributed by atoms with Gasteiger partial charge in [0, 0.05) is 32.2 Å². The number of hydrogen-bond acceptors (Lipinski definition) is 4. The van der Waals surface area contributed by atoms with E-state index in [-0.39, 0.29) is 18.6 Å². The summed E-state index contributed by atoms with van der Waals surface area (Å²) >= 11 is 3.43. The molecule has 1 atom stereocenters. The average molecular weight is 373 g/mol. The van der Waals surface area contributed by atoms with Crippen LogP contribution in [0.2, 0.25) is 0 Å². The summed E-state index contributed by atoms with van der Waals surface area (Å²) in [5, 5.41) is 12.0. The number of carbonyl (C=O) groups is 1. The Morgan fingerprint density at radius 2 is 2.23 bits per heavy atom. The van der Waals surface area contributed by atoms with E-state index in [1.54, 1.807) is 19.1 Å². The normalized spacial score (nSPS) is 17.5. The smallest absolute Gasteiger partial charge is 0.317 e. The second kappa shape index (κ2) is 7.69. The predicted molar refractivity (Wildman–Crippen MR) is 86.2 cm³/mol. The summed E-state index contributed by atoms with van der Waals surface area (Å²) in [6, 6.07) is 3.62. The molecule has 0 aliphatic carbocycles. The van der Waals surface area contributed by atoms with Crippen LogP contribution in [0, 0.1) is 5.92 Å². The van der Waals surface area contributed by atoms with Gasteiger partial charge < -0.3 is 24.8 Å². The van der Waals surface area contributed by atoms with Gasteiger partial charge in [0.25, 0.3) is 0 Å². The van der Waals surface area contributed by atoms with Gasteiger partial charge >= 0.3 is 6.03 Å². The standard InChI is InChI=1S/C15H21BrN2O4/c1-21-13-6-11(5-12(16)14(13)22-2)7-17-15(20)18-4-3-10(8-18)9-19/h5-6,10,19H,3-4,7-9H2,1-2H3,(H,17,20). The zero-order chi connectivity index (χ0) is 16.1. The lowest BCUT2D eigenvalue weighted by molar-refractivity contribution is 0.198. The van der Waals surface area contributed by atoms with Crippen LogP contribution < -0.4 is 14.8 Å². The van der Waals surface area contributed by atoms with E-state index in [1.807, 2.05) is 12.1 Å². The van der Waals surface area contributed by atoms with Crippen LogP contribution >= 0.6 is 15.9 Å². The maximum absolute atomic E-state index is 12.1. The van der Waals surface area contributed by atoms with E-state index in [2.05, 4.69) is 21.2 Å². The number of aliphatic hydroxyl groups is 1. The summed E-state index contributed by atoms with van der Waals surface area (Å²) in [5.74, 6) is 1.44. The van der Waals surface area contributed by atoms with E-state index in [9.17, 15) is 4.79 Å². The van der Waals surface area contributed by atoms with Crippen LogP contribution in [-0.4, -0.2) is 50.0 Å². The number of hydrogen-bond donors (Lipinski definition) is 2. The lowest BCUT2D eigenvalue weighted by atomic mass is 10.1. The number of halogens is 1. The Kier molecular flexibility index (Phi) is 5.90. The van der Waals surface area contributed by atoms with E-state index in [0.717, 1.165) is 16.5 Å². The Balaban J connectivity index is 1.97. The maximum Gasteiger partial charge on any atom is 0.317 e. The number of urea groups is 1. The molecule has 0 saturated carbocycles. The first-order valence-corrected chi connectivity index (χ1v) is 7.92. The van der Waals surface area contributed by atoms with E-state index < -0.39 is 0 Å². The SMILES string of the molecule is COc1cc(CNC(=O)N2CCC(CO)C2)cc(Br)c1OC. The molecule has 0 radical (unpaired) electrons. The number of ether oxygens (including phenoxy) is 2. The summed E-state index contributed by atoms with van der Waals surface area (Å²) in [6.07, 6.45) is 0.853. The van der Waals surface area contributed by atoms with Crippen LogP contribution in [0.4, 0.5) is 4.79 Å². The minimum atomic E-state index is -0.109. The molecule has 2 amide bonds. The van der Waals surface area contributed by atoms with Gasteiger partial charge in [-0.25, -0.2) is 4.79 Å². The zero-order valence-electron chi connectivity index (χ0n) is 12.8. The van der Waals surface area contributed by atoms with Gasteiger partial charge in [-0.3, -0.25) is 0 Å². The van der Waals surface area contributed by atoms with Crippen LogP contribution in [-0.2, 0) is 6.54 Å². The fourth-order valence-corrected chi connectivity index (χ4v) is 3.18. The van der Waals surface area contributed by atoms with Gasteiger partial charge in [-0.1, -0.05) is 0 Å². The molecule has 1 aromatic rings. The summed E-state index contributed by atoms with van der Waals surface area (Å²) in [4.78, 5) is 13.8. The second-order valence-corrected chi connectivity index (χ2v) is 6.11. The molecule has 22 heavy (non-hydrogen) atoms. The van der Waals surface area contributed by atoms with Gasteiger partial charge in [0.1, 0.15) is 0 Å². The number of methoxy groups -OCH3 is 2. The summed E-state index contributed by atoms with van der Waals surface area (Å²) in [5.41, 5.74) is 0.913. The van der Waals surface area contributed by atoms with Gasteiger partial charge in [-0.05, 0) is 40.0 Å². The highest BCUT2D eigenvalue weighted by Crippen LogP contribution is 2.36. The van der Waals surface area contributed by atoms with Crippen molar-refractivity contribution < 1.29 is 19.4 Å². The third kappa shape index (κ3) is 3.84. The number of benzene rings is 1. The number of nitrogens with zero attached hydrogens (tertiary/aromatic N) is 1. The van der Waals surface area contributed by atoms with Crippen LogP contribution in [0.25, 0.3) is 0 Å². The highest BCUT2D eigenvalue weighted by Gasteiger charge is 2.25. The van der Waals surface area contributed by atoms with Crippen molar-refractivity contribution in [2.45, 2.75) is 13.0 Å². The molecule has 0 spiro atoms. The molecule has 1 unspecified atom stereocenters. The molecule has 2 N–H and O–H groups in total. The van der Waals surface area contributed by atoms with Crippen molar-refractivity contribution in [2.75, 3.05) is 33.9 Å².